The number of piperidine rings is 1. The van der Waals surface area contributed by atoms with Crippen LogP contribution in [-0.2, 0) is 6.42 Å². The zero-order valence-electron chi connectivity index (χ0n) is 17.3. The van der Waals surface area contributed by atoms with Crippen molar-refractivity contribution in [2.45, 2.75) is 25.2 Å². The number of amides is 1. The second kappa shape index (κ2) is 9.49. The molecule has 1 saturated heterocycles. The molecule has 4 rings (SSSR count). The van der Waals surface area contributed by atoms with Crippen LogP contribution >= 0.6 is 0 Å². The Labute approximate surface area is 178 Å². The average Bonchev–Trinajstić information content (AvgIpc) is 2.81. The molecule has 1 aliphatic rings. The van der Waals surface area contributed by atoms with E-state index in [-0.39, 0.29) is 6.09 Å². The molecule has 1 fully saturated rings. The minimum Gasteiger partial charge on any atom is -0.497 e. The van der Waals surface area contributed by atoms with Crippen molar-refractivity contribution in [1.82, 2.24) is 4.90 Å². The molecule has 0 aliphatic carbocycles. The van der Waals surface area contributed by atoms with Crippen LogP contribution in [0.1, 0.15) is 35.4 Å². The monoisotopic (exact) mass is 401 g/mol. The molecule has 3 aromatic carbocycles. The summed E-state index contributed by atoms with van der Waals surface area (Å²) in [4.78, 5) is 14.3. The maximum atomic E-state index is 12.5. The highest BCUT2D eigenvalue weighted by Crippen LogP contribution is 2.32. The Morgan fingerprint density at radius 2 is 1.53 bits per heavy atom. The summed E-state index contributed by atoms with van der Waals surface area (Å²) in [7, 11) is 1.69. The number of methoxy groups -OCH3 is 1. The quantitative estimate of drug-likeness (QED) is 0.553. The fourth-order valence-corrected chi connectivity index (χ4v) is 4.08. The summed E-state index contributed by atoms with van der Waals surface area (Å²) in [5.74, 6) is 1.93. The van der Waals surface area contributed by atoms with Crippen LogP contribution < -0.4 is 9.47 Å². The van der Waals surface area contributed by atoms with Gasteiger partial charge in [-0.15, -0.1) is 0 Å². The number of ether oxygens (including phenoxy) is 2. The minimum atomic E-state index is -0.258. The van der Waals surface area contributed by atoms with Crippen LogP contribution in [0.15, 0.2) is 78.9 Å². The molecule has 0 atom stereocenters. The Hall–Kier alpha value is -3.27. The van der Waals surface area contributed by atoms with Gasteiger partial charge in [0.1, 0.15) is 11.5 Å². The lowest BCUT2D eigenvalue weighted by Crippen LogP contribution is -2.39. The summed E-state index contributed by atoms with van der Waals surface area (Å²) in [6.45, 7) is 1.43. The molecule has 1 amide bonds. The Kier molecular flexibility index (Phi) is 6.33. The molecule has 1 aliphatic heterocycles. The van der Waals surface area contributed by atoms with Crippen LogP contribution in [0.2, 0.25) is 0 Å². The first-order valence-electron chi connectivity index (χ1n) is 10.5. The van der Waals surface area contributed by atoms with E-state index in [9.17, 15) is 4.79 Å². The normalized spacial score (nSPS) is 14.4. The van der Waals surface area contributed by atoms with E-state index in [0.29, 0.717) is 24.8 Å². The Morgan fingerprint density at radius 1 is 0.867 bits per heavy atom. The summed E-state index contributed by atoms with van der Waals surface area (Å²) < 4.78 is 10.8. The topological polar surface area (TPSA) is 38.8 Å². The van der Waals surface area contributed by atoms with E-state index in [4.69, 9.17) is 9.47 Å². The summed E-state index contributed by atoms with van der Waals surface area (Å²) in [6, 6.07) is 26.2. The fraction of sp³-hybridized carbons (Fsp3) is 0.269. The second-order valence-corrected chi connectivity index (χ2v) is 7.67. The predicted molar refractivity (Wildman–Crippen MR) is 118 cm³/mol. The molecule has 1 heterocycles. The van der Waals surface area contributed by atoms with Crippen molar-refractivity contribution in [2.75, 3.05) is 20.2 Å². The summed E-state index contributed by atoms with van der Waals surface area (Å²) in [6.07, 6.45) is 2.54. The second-order valence-electron chi connectivity index (χ2n) is 7.67. The van der Waals surface area contributed by atoms with Crippen molar-refractivity contribution in [2.24, 2.45) is 0 Å². The number of hydrogen-bond acceptors (Lipinski definition) is 3. The lowest BCUT2D eigenvalue weighted by molar-refractivity contribution is 0.138. The van der Waals surface area contributed by atoms with Gasteiger partial charge in [0.25, 0.3) is 0 Å². The third kappa shape index (κ3) is 4.82. The van der Waals surface area contributed by atoms with Crippen LogP contribution in [0.5, 0.6) is 11.5 Å². The van der Waals surface area contributed by atoms with E-state index in [1.165, 1.54) is 16.7 Å². The number of carbonyl (C=O) groups excluding carboxylic acids is 1. The standard InChI is InChI=1S/C26H27NO3/c1-29-23-13-11-20(12-14-23)19-22-7-5-6-10-25(22)21-15-17-27(18-16-21)26(28)30-24-8-3-2-4-9-24/h2-14,21H,15-19H2,1H3. The molecule has 30 heavy (non-hydrogen) atoms. The SMILES string of the molecule is COc1ccc(Cc2ccccc2C2CCN(C(=O)Oc3ccccc3)CC2)cc1. The highest BCUT2D eigenvalue weighted by atomic mass is 16.6. The largest absolute Gasteiger partial charge is 0.497 e. The van der Waals surface area contributed by atoms with E-state index in [0.717, 1.165) is 25.0 Å². The van der Waals surface area contributed by atoms with Gasteiger partial charge in [0.05, 0.1) is 7.11 Å². The van der Waals surface area contributed by atoms with Crippen LogP contribution in [-0.4, -0.2) is 31.2 Å². The molecule has 0 saturated carbocycles. The Morgan fingerprint density at radius 3 is 2.23 bits per heavy atom. The third-order valence-electron chi connectivity index (χ3n) is 5.75. The van der Waals surface area contributed by atoms with Crippen molar-refractivity contribution >= 4 is 6.09 Å². The molecular formula is C26H27NO3. The molecule has 0 aromatic heterocycles. The summed E-state index contributed by atoms with van der Waals surface area (Å²) in [5.41, 5.74) is 4.02. The van der Waals surface area contributed by atoms with E-state index < -0.39 is 0 Å². The number of nitrogens with zero attached hydrogens (tertiary/aromatic N) is 1. The summed E-state index contributed by atoms with van der Waals surface area (Å²) >= 11 is 0. The third-order valence-corrected chi connectivity index (χ3v) is 5.75. The molecule has 0 unspecified atom stereocenters. The van der Waals surface area contributed by atoms with Gasteiger partial charge in [0.15, 0.2) is 0 Å². The number of likely N-dealkylation sites (tertiary alicyclic amines) is 1. The predicted octanol–water partition coefficient (Wildman–Crippen LogP) is 5.66. The van der Waals surface area contributed by atoms with Gasteiger partial charge >= 0.3 is 6.09 Å². The maximum absolute atomic E-state index is 12.5. The van der Waals surface area contributed by atoms with Gasteiger partial charge < -0.3 is 14.4 Å². The van der Waals surface area contributed by atoms with Crippen LogP contribution in [0.3, 0.4) is 0 Å². The van der Waals surface area contributed by atoms with Gasteiger partial charge in [-0.1, -0.05) is 54.6 Å². The lowest BCUT2D eigenvalue weighted by atomic mass is 9.85. The van der Waals surface area contributed by atoms with Crippen molar-refractivity contribution in [3.05, 3.63) is 95.6 Å². The van der Waals surface area contributed by atoms with E-state index >= 15 is 0 Å². The first-order valence-corrected chi connectivity index (χ1v) is 10.5. The fourth-order valence-electron chi connectivity index (χ4n) is 4.08. The molecule has 0 radical (unpaired) electrons. The van der Waals surface area contributed by atoms with Gasteiger partial charge in [-0.2, -0.15) is 0 Å². The van der Waals surface area contributed by atoms with Gasteiger partial charge in [0.2, 0.25) is 0 Å². The first kappa shape index (κ1) is 20.0. The molecule has 3 aromatic rings. The highest BCUT2D eigenvalue weighted by Gasteiger charge is 2.26. The minimum absolute atomic E-state index is 0.258. The number of benzene rings is 3. The lowest BCUT2D eigenvalue weighted by Gasteiger charge is -2.32. The van der Waals surface area contributed by atoms with Crippen molar-refractivity contribution in [1.29, 1.82) is 0 Å². The van der Waals surface area contributed by atoms with E-state index in [2.05, 4.69) is 36.4 Å². The number of hydrogen-bond donors (Lipinski definition) is 0. The molecular weight excluding hydrogens is 374 g/mol. The van der Waals surface area contributed by atoms with E-state index in [1.807, 2.05) is 35.2 Å². The zero-order chi connectivity index (χ0) is 20.8. The van der Waals surface area contributed by atoms with Gasteiger partial charge in [0, 0.05) is 13.1 Å². The first-order chi connectivity index (χ1) is 14.7. The molecule has 0 N–H and O–H groups in total. The van der Waals surface area contributed by atoms with Gasteiger partial charge in [-0.3, -0.25) is 0 Å². The highest BCUT2D eigenvalue weighted by molar-refractivity contribution is 5.70. The smallest absolute Gasteiger partial charge is 0.415 e. The van der Waals surface area contributed by atoms with Gasteiger partial charge in [-0.05, 0) is 66.1 Å². The van der Waals surface area contributed by atoms with Crippen molar-refractivity contribution in [3.8, 4) is 11.5 Å². The zero-order valence-corrected chi connectivity index (χ0v) is 17.3. The molecule has 0 bridgehead atoms. The number of carbonyl (C=O) groups is 1. The van der Waals surface area contributed by atoms with Crippen molar-refractivity contribution < 1.29 is 14.3 Å². The van der Waals surface area contributed by atoms with Crippen LogP contribution in [0.4, 0.5) is 4.79 Å². The maximum Gasteiger partial charge on any atom is 0.415 e. The Balaban J connectivity index is 1.39. The van der Waals surface area contributed by atoms with E-state index in [1.54, 1.807) is 19.2 Å². The van der Waals surface area contributed by atoms with Gasteiger partial charge in [-0.25, -0.2) is 4.79 Å². The summed E-state index contributed by atoms with van der Waals surface area (Å²) in [5, 5.41) is 0. The number of para-hydroxylation sites is 1. The van der Waals surface area contributed by atoms with Crippen molar-refractivity contribution in [3.63, 3.8) is 0 Å². The molecule has 154 valence electrons. The van der Waals surface area contributed by atoms with Crippen LogP contribution in [0.25, 0.3) is 0 Å². The number of rotatable bonds is 5. The van der Waals surface area contributed by atoms with Crippen LogP contribution in [0, 0.1) is 0 Å². The Bertz CT molecular complexity index is 961. The molecule has 4 heteroatoms. The average molecular weight is 402 g/mol. The molecule has 0 spiro atoms. The molecule has 4 nitrogen and oxygen atoms in total.